The van der Waals surface area contributed by atoms with E-state index in [0.717, 1.165) is 37.2 Å². The van der Waals surface area contributed by atoms with E-state index in [0.29, 0.717) is 18.4 Å². The Labute approximate surface area is 178 Å². The summed E-state index contributed by atoms with van der Waals surface area (Å²) >= 11 is 0. The van der Waals surface area contributed by atoms with Crippen LogP contribution in [0.1, 0.15) is 17.5 Å². The summed E-state index contributed by atoms with van der Waals surface area (Å²) in [6.45, 7) is 1.48. The zero-order chi connectivity index (χ0) is 20.8. The van der Waals surface area contributed by atoms with Gasteiger partial charge in [-0.25, -0.2) is 0 Å². The van der Waals surface area contributed by atoms with Gasteiger partial charge in [-0.05, 0) is 48.2 Å². The number of benzene rings is 3. The van der Waals surface area contributed by atoms with Crippen LogP contribution >= 0.6 is 0 Å². The van der Waals surface area contributed by atoms with Gasteiger partial charge in [-0.3, -0.25) is 4.79 Å². The molecule has 4 rings (SSSR count). The summed E-state index contributed by atoms with van der Waals surface area (Å²) in [6.07, 6.45) is 2.17. The fourth-order valence-corrected chi connectivity index (χ4v) is 4.27. The highest BCUT2D eigenvalue weighted by Crippen LogP contribution is 2.26. The van der Waals surface area contributed by atoms with Crippen molar-refractivity contribution in [2.75, 3.05) is 18.4 Å². The van der Waals surface area contributed by atoms with E-state index in [1.54, 1.807) is 18.2 Å². The number of amides is 1. The number of rotatable bonds is 6. The molecule has 1 aliphatic rings. The molecule has 0 aromatic heterocycles. The van der Waals surface area contributed by atoms with Gasteiger partial charge in [0.2, 0.25) is 5.91 Å². The van der Waals surface area contributed by atoms with Crippen molar-refractivity contribution in [3.63, 3.8) is 0 Å². The largest absolute Gasteiger partial charge is 0.508 e. The first kappa shape index (κ1) is 20.0. The number of carbonyl (C=O) groups is 1. The molecule has 1 aliphatic heterocycles. The van der Waals surface area contributed by atoms with Crippen LogP contribution in [0.4, 0.5) is 5.69 Å². The molecule has 3 aromatic rings. The highest BCUT2D eigenvalue weighted by atomic mass is 16.3. The summed E-state index contributed by atoms with van der Waals surface area (Å²) in [5, 5.41) is 13.4. The summed E-state index contributed by atoms with van der Waals surface area (Å²) in [6, 6.07) is 28.1. The maximum atomic E-state index is 13.0. The van der Waals surface area contributed by atoms with Gasteiger partial charge < -0.3 is 15.3 Å². The molecule has 0 bridgehead atoms. The zero-order valence-corrected chi connectivity index (χ0v) is 17.1. The number of nitrogens with zero attached hydrogens (tertiary/aromatic N) is 1. The van der Waals surface area contributed by atoms with Gasteiger partial charge >= 0.3 is 0 Å². The molecule has 30 heavy (non-hydrogen) atoms. The van der Waals surface area contributed by atoms with Crippen LogP contribution in [-0.4, -0.2) is 35.0 Å². The second-order valence-electron chi connectivity index (χ2n) is 8.04. The molecular weight excluding hydrogens is 372 g/mol. The number of aromatic hydroxyl groups is 1. The third kappa shape index (κ3) is 5.20. The predicted molar refractivity (Wildman–Crippen MR) is 120 cm³/mol. The monoisotopic (exact) mass is 400 g/mol. The number of hydrogen-bond donors (Lipinski definition) is 2. The number of piperidine rings is 1. The number of phenols is 1. The molecule has 0 aliphatic carbocycles. The summed E-state index contributed by atoms with van der Waals surface area (Å²) in [7, 11) is 0. The maximum absolute atomic E-state index is 13.0. The molecule has 1 heterocycles. The van der Waals surface area contributed by atoms with Crippen LogP contribution in [0.5, 0.6) is 5.75 Å². The Balaban J connectivity index is 1.47. The lowest BCUT2D eigenvalue weighted by Gasteiger charge is -2.39. The lowest BCUT2D eigenvalue weighted by molar-refractivity contribution is -0.132. The van der Waals surface area contributed by atoms with Crippen molar-refractivity contribution in [2.24, 2.45) is 5.92 Å². The Kier molecular flexibility index (Phi) is 6.33. The second kappa shape index (κ2) is 9.49. The molecule has 3 aromatic carbocycles. The standard InChI is InChI=1S/C26H28N2O2/c29-24-13-7-10-21(17-24)18-26(30)28-15-14-25(27-23-11-5-2-6-12-23)22(19-28)16-20-8-3-1-4-9-20/h1-13,17,22,25,27,29H,14-16,18-19H2/t22-,25+/m0/s1. The summed E-state index contributed by atoms with van der Waals surface area (Å²) in [5.74, 6) is 0.652. The molecule has 1 fully saturated rings. The van der Waals surface area contributed by atoms with E-state index in [4.69, 9.17) is 0 Å². The third-order valence-corrected chi connectivity index (χ3v) is 5.82. The Hall–Kier alpha value is -3.27. The summed E-state index contributed by atoms with van der Waals surface area (Å²) < 4.78 is 0. The Morgan fingerprint density at radius 2 is 1.63 bits per heavy atom. The van der Waals surface area contributed by atoms with Crippen LogP contribution in [0.15, 0.2) is 84.9 Å². The van der Waals surface area contributed by atoms with Gasteiger partial charge in [0, 0.05) is 30.7 Å². The Bertz CT molecular complexity index is 959. The highest BCUT2D eigenvalue weighted by molar-refractivity contribution is 5.79. The molecule has 0 radical (unpaired) electrons. The number of hydrogen-bond acceptors (Lipinski definition) is 3. The topological polar surface area (TPSA) is 52.6 Å². The van der Waals surface area contributed by atoms with E-state index in [-0.39, 0.29) is 11.7 Å². The minimum atomic E-state index is 0.122. The molecular formula is C26H28N2O2. The number of para-hydroxylation sites is 1. The van der Waals surface area contributed by atoms with E-state index in [2.05, 4.69) is 41.7 Å². The fraction of sp³-hybridized carbons (Fsp3) is 0.269. The number of nitrogens with one attached hydrogen (secondary N) is 1. The average Bonchev–Trinajstić information content (AvgIpc) is 2.76. The van der Waals surface area contributed by atoms with Gasteiger partial charge in [0.15, 0.2) is 0 Å². The van der Waals surface area contributed by atoms with Gasteiger partial charge in [-0.1, -0.05) is 60.7 Å². The van der Waals surface area contributed by atoms with E-state index in [1.165, 1.54) is 5.56 Å². The van der Waals surface area contributed by atoms with Crippen LogP contribution < -0.4 is 5.32 Å². The van der Waals surface area contributed by atoms with Crippen LogP contribution in [0.2, 0.25) is 0 Å². The normalized spacial score (nSPS) is 18.7. The lowest BCUT2D eigenvalue weighted by atomic mass is 9.86. The van der Waals surface area contributed by atoms with E-state index in [1.807, 2.05) is 35.2 Å². The first-order valence-electron chi connectivity index (χ1n) is 10.6. The van der Waals surface area contributed by atoms with Crippen molar-refractivity contribution in [1.82, 2.24) is 4.90 Å². The summed E-state index contributed by atoms with van der Waals surface area (Å²) in [4.78, 5) is 15.0. The van der Waals surface area contributed by atoms with Crippen LogP contribution in [-0.2, 0) is 17.6 Å². The van der Waals surface area contributed by atoms with Gasteiger partial charge in [0.25, 0.3) is 0 Å². The third-order valence-electron chi connectivity index (χ3n) is 5.82. The van der Waals surface area contributed by atoms with Gasteiger partial charge in [-0.15, -0.1) is 0 Å². The van der Waals surface area contributed by atoms with Crippen molar-refractivity contribution in [1.29, 1.82) is 0 Å². The number of phenolic OH excluding ortho intramolecular Hbond substituents is 1. The molecule has 0 spiro atoms. The molecule has 0 unspecified atom stereocenters. The highest BCUT2D eigenvalue weighted by Gasteiger charge is 2.31. The first-order valence-corrected chi connectivity index (χ1v) is 10.6. The maximum Gasteiger partial charge on any atom is 0.227 e. The minimum absolute atomic E-state index is 0.122. The van der Waals surface area contributed by atoms with E-state index >= 15 is 0 Å². The fourth-order valence-electron chi connectivity index (χ4n) is 4.27. The SMILES string of the molecule is O=C(Cc1cccc(O)c1)N1CC[C@@H](Nc2ccccc2)[C@@H](Cc2ccccc2)C1. The average molecular weight is 401 g/mol. The molecule has 4 heteroatoms. The van der Waals surface area contributed by atoms with Gasteiger partial charge in [-0.2, -0.15) is 0 Å². The molecule has 1 saturated heterocycles. The Morgan fingerprint density at radius 1 is 0.933 bits per heavy atom. The first-order chi connectivity index (χ1) is 14.7. The smallest absolute Gasteiger partial charge is 0.227 e. The van der Waals surface area contributed by atoms with E-state index in [9.17, 15) is 9.90 Å². The predicted octanol–water partition coefficient (Wildman–Crippen LogP) is 4.51. The van der Waals surface area contributed by atoms with Crippen molar-refractivity contribution < 1.29 is 9.90 Å². The molecule has 0 saturated carbocycles. The zero-order valence-electron chi connectivity index (χ0n) is 17.1. The number of carbonyl (C=O) groups excluding carboxylic acids is 1. The summed E-state index contributed by atoms with van der Waals surface area (Å²) in [5.41, 5.74) is 3.27. The number of likely N-dealkylation sites (tertiary alicyclic amines) is 1. The van der Waals surface area contributed by atoms with Crippen molar-refractivity contribution >= 4 is 11.6 Å². The van der Waals surface area contributed by atoms with Crippen LogP contribution in [0.25, 0.3) is 0 Å². The quantitative estimate of drug-likeness (QED) is 0.640. The number of anilines is 1. The van der Waals surface area contributed by atoms with Crippen molar-refractivity contribution in [2.45, 2.75) is 25.3 Å². The lowest BCUT2D eigenvalue weighted by Crippen LogP contribution is -2.49. The molecule has 2 atom stereocenters. The molecule has 1 amide bonds. The molecule has 2 N–H and O–H groups in total. The second-order valence-corrected chi connectivity index (χ2v) is 8.04. The van der Waals surface area contributed by atoms with Crippen molar-refractivity contribution in [3.05, 3.63) is 96.1 Å². The van der Waals surface area contributed by atoms with Crippen molar-refractivity contribution in [3.8, 4) is 5.75 Å². The Morgan fingerprint density at radius 3 is 2.37 bits per heavy atom. The molecule has 154 valence electrons. The van der Waals surface area contributed by atoms with Gasteiger partial charge in [0.1, 0.15) is 5.75 Å². The van der Waals surface area contributed by atoms with E-state index < -0.39 is 0 Å². The minimum Gasteiger partial charge on any atom is -0.508 e. The molecule has 4 nitrogen and oxygen atoms in total. The van der Waals surface area contributed by atoms with Crippen LogP contribution in [0.3, 0.4) is 0 Å². The van der Waals surface area contributed by atoms with Crippen LogP contribution in [0, 0.1) is 5.92 Å². The van der Waals surface area contributed by atoms with Gasteiger partial charge in [0.05, 0.1) is 6.42 Å².